The summed E-state index contributed by atoms with van der Waals surface area (Å²) in [4.78, 5) is 17.3. The number of anilines is 1. The van der Waals surface area contributed by atoms with Gasteiger partial charge in [-0.1, -0.05) is 0 Å². The molecule has 0 radical (unpaired) electrons. The number of rotatable bonds is 3. The molecule has 1 rings (SSSR count). The Morgan fingerprint density at radius 3 is 2.69 bits per heavy atom. The zero-order chi connectivity index (χ0) is 12.3. The summed E-state index contributed by atoms with van der Waals surface area (Å²) in [5, 5.41) is 2.53. The number of hydrogen-bond acceptors (Lipinski definition) is 3. The van der Waals surface area contributed by atoms with E-state index in [-0.39, 0.29) is 5.82 Å². The number of nitrogens with zero attached hydrogens (tertiary/aromatic N) is 1. The average molecular weight is 235 g/mol. The van der Waals surface area contributed by atoms with Crippen molar-refractivity contribution in [3.8, 4) is 0 Å². The fourth-order valence-corrected chi connectivity index (χ4v) is 1.30. The van der Waals surface area contributed by atoms with Crippen molar-refractivity contribution in [2.24, 2.45) is 0 Å². The van der Waals surface area contributed by atoms with Crippen molar-refractivity contribution in [3.05, 3.63) is 22.2 Å². The Kier molecular flexibility index (Phi) is 3.56. The summed E-state index contributed by atoms with van der Waals surface area (Å²) < 4.78 is 36.1. The third kappa shape index (κ3) is 4.33. The van der Waals surface area contributed by atoms with Gasteiger partial charge in [-0.3, -0.25) is 4.79 Å². The Morgan fingerprint density at radius 1 is 1.56 bits per heavy atom. The van der Waals surface area contributed by atoms with Crippen LogP contribution in [0.1, 0.15) is 19.2 Å². The second-order valence-corrected chi connectivity index (χ2v) is 3.58. The largest absolute Gasteiger partial charge is 0.391 e. The molecule has 0 saturated carbocycles. The molecule has 0 fully saturated rings. The van der Waals surface area contributed by atoms with E-state index in [1.165, 1.54) is 6.92 Å². The summed E-state index contributed by atoms with van der Waals surface area (Å²) >= 11 is 0. The Labute approximate surface area is 89.9 Å². The van der Waals surface area contributed by atoms with E-state index < -0.39 is 24.2 Å². The van der Waals surface area contributed by atoms with E-state index in [0.29, 0.717) is 5.82 Å². The van der Waals surface area contributed by atoms with E-state index in [9.17, 15) is 18.0 Å². The molecule has 90 valence electrons. The summed E-state index contributed by atoms with van der Waals surface area (Å²) in [6.07, 6.45) is -5.21. The van der Waals surface area contributed by atoms with Gasteiger partial charge in [-0.05, 0) is 13.8 Å². The Hall–Kier alpha value is -1.53. The molecule has 0 spiro atoms. The minimum atomic E-state index is -4.23. The van der Waals surface area contributed by atoms with Gasteiger partial charge in [-0.2, -0.15) is 13.2 Å². The molecule has 16 heavy (non-hydrogen) atoms. The molecule has 0 aliphatic rings. The van der Waals surface area contributed by atoms with Gasteiger partial charge < -0.3 is 10.3 Å². The molecule has 2 N–H and O–H groups in total. The lowest BCUT2D eigenvalue weighted by molar-refractivity contribution is -0.136. The second-order valence-electron chi connectivity index (χ2n) is 3.58. The highest BCUT2D eigenvalue weighted by Gasteiger charge is 2.30. The van der Waals surface area contributed by atoms with E-state index in [1.54, 1.807) is 6.92 Å². The van der Waals surface area contributed by atoms with Crippen LogP contribution in [-0.2, 0) is 0 Å². The quantitative estimate of drug-likeness (QED) is 0.840. The third-order valence-electron chi connectivity index (χ3n) is 1.79. The summed E-state index contributed by atoms with van der Waals surface area (Å²) in [7, 11) is 0. The summed E-state index contributed by atoms with van der Waals surface area (Å²) in [6, 6.07) is 0.300. The fraction of sp³-hybridized carbons (Fsp3) is 0.556. The molecular formula is C9H12F3N3O. The SMILES string of the molecule is Cc1nc(NC(C)CC(F)(F)F)cc(=O)[nH]1. The van der Waals surface area contributed by atoms with Crippen LogP contribution in [0, 0.1) is 6.92 Å². The highest BCUT2D eigenvalue weighted by atomic mass is 19.4. The van der Waals surface area contributed by atoms with Crippen molar-refractivity contribution >= 4 is 5.82 Å². The highest BCUT2D eigenvalue weighted by molar-refractivity contribution is 5.33. The average Bonchev–Trinajstić information content (AvgIpc) is 1.96. The van der Waals surface area contributed by atoms with Crippen LogP contribution in [-0.4, -0.2) is 22.2 Å². The van der Waals surface area contributed by atoms with Gasteiger partial charge in [0.05, 0.1) is 6.42 Å². The first kappa shape index (κ1) is 12.5. The maximum absolute atomic E-state index is 12.0. The van der Waals surface area contributed by atoms with Crippen LogP contribution >= 0.6 is 0 Å². The minimum absolute atomic E-state index is 0.151. The number of aromatic amines is 1. The lowest BCUT2D eigenvalue weighted by Gasteiger charge is -2.16. The second kappa shape index (κ2) is 4.54. The number of alkyl halides is 3. The van der Waals surface area contributed by atoms with Crippen LogP contribution in [0.5, 0.6) is 0 Å². The molecule has 1 aromatic heterocycles. The molecule has 1 atom stereocenters. The number of aryl methyl sites for hydroxylation is 1. The number of hydrogen-bond donors (Lipinski definition) is 2. The van der Waals surface area contributed by atoms with Crippen molar-refractivity contribution in [1.29, 1.82) is 0 Å². The molecule has 0 bridgehead atoms. The van der Waals surface area contributed by atoms with Crippen LogP contribution in [0.4, 0.5) is 19.0 Å². The molecular weight excluding hydrogens is 223 g/mol. The normalized spacial score (nSPS) is 13.6. The standard InChI is InChI=1S/C9H12F3N3O/c1-5(4-9(10,11)12)13-7-3-8(16)15-6(2)14-7/h3,5H,4H2,1-2H3,(H2,13,14,15,16). The van der Waals surface area contributed by atoms with E-state index in [0.717, 1.165) is 6.07 Å². The maximum atomic E-state index is 12.0. The van der Waals surface area contributed by atoms with Gasteiger partial charge in [-0.15, -0.1) is 0 Å². The highest BCUT2D eigenvalue weighted by Crippen LogP contribution is 2.22. The number of halogens is 3. The van der Waals surface area contributed by atoms with Gasteiger partial charge in [0.15, 0.2) is 0 Å². The zero-order valence-corrected chi connectivity index (χ0v) is 8.85. The Balaban J connectivity index is 2.70. The molecule has 0 aliphatic heterocycles. The number of nitrogens with one attached hydrogen (secondary N) is 2. The summed E-state index contributed by atoms with van der Waals surface area (Å²) in [6.45, 7) is 2.94. The van der Waals surface area contributed by atoms with Crippen LogP contribution < -0.4 is 10.9 Å². The zero-order valence-electron chi connectivity index (χ0n) is 8.85. The molecule has 0 aliphatic carbocycles. The first-order valence-electron chi connectivity index (χ1n) is 4.67. The van der Waals surface area contributed by atoms with E-state index >= 15 is 0 Å². The van der Waals surface area contributed by atoms with Crippen LogP contribution in [0.3, 0.4) is 0 Å². The van der Waals surface area contributed by atoms with Crippen molar-refractivity contribution in [1.82, 2.24) is 9.97 Å². The van der Waals surface area contributed by atoms with E-state index in [1.807, 2.05) is 0 Å². The molecule has 7 heteroatoms. The number of aromatic nitrogens is 2. The fourth-order valence-electron chi connectivity index (χ4n) is 1.30. The van der Waals surface area contributed by atoms with Gasteiger partial charge in [0.2, 0.25) is 0 Å². The first-order valence-corrected chi connectivity index (χ1v) is 4.67. The summed E-state index contributed by atoms with van der Waals surface area (Å²) in [5.41, 5.74) is -0.394. The van der Waals surface area contributed by atoms with Gasteiger partial charge in [0, 0.05) is 12.1 Å². The molecule has 1 heterocycles. The van der Waals surface area contributed by atoms with Gasteiger partial charge in [-0.25, -0.2) is 4.98 Å². The van der Waals surface area contributed by atoms with Crippen molar-refractivity contribution < 1.29 is 13.2 Å². The molecule has 0 aromatic carbocycles. The Bertz CT molecular complexity index is 413. The van der Waals surface area contributed by atoms with Crippen LogP contribution in [0.25, 0.3) is 0 Å². The predicted molar refractivity (Wildman–Crippen MR) is 53.4 cm³/mol. The van der Waals surface area contributed by atoms with Crippen molar-refractivity contribution in [2.45, 2.75) is 32.5 Å². The van der Waals surface area contributed by atoms with Crippen molar-refractivity contribution in [3.63, 3.8) is 0 Å². The van der Waals surface area contributed by atoms with Gasteiger partial charge in [0.25, 0.3) is 5.56 Å². The van der Waals surface area contributed by atoms with Crippen molar-refractivity contribution in [2.75, 3.05) is 5.32 Å². The lowest BCUT2D eigenvalue weighted by Crippen LogP contribution is -2.25. The molecule has 4 nitrogen and oxygen atoms in total. The van der Waals surface area contributed by atoms with E-state index in [4.69, 9.17) is 0 Å². The smallest absolute Gasteiger partial charge is 0.367 e. The monoisotopic (exact) mass is 235 g/mol. The van der Waals surface area contributed by atoms with E-state index in [2.05, 4.69) is 15.3 Å². The maximum Gasteiger partial charge on any atom is 0.391 e. The molecule has 1 aromatic rings. The number of H-pyrrole nitrogens is 1. The first-order chi connectivity index (χ1) is 7.26. The topological polar surface area (TPSA) is 57.8 Å². The predicted octanol–water partition coefficient (Wildman–Crippen LogP) is 1.83. The summed E-state index contributed by atoms with van der Waals surface area (Å²) in [5.74, 6) is 0.507. The minimum Gasteiger partial charge on any atom is -0.367 e. The van der Waals surface area contributed by atoms with Crippen LogP contribution in [0.2, 0.25) is 0 Å². The molecule has 0 amide bonds. The molecule has 0 saturated heterocycles. The lowest BCUT2D eigenvalue weighted by atomic mass is 10.2. The van der Waals surface area contributed by atoms with Crippen LogP contribution in [0.15, 0.2) is 10.9 Å². The van der Waals surface area contributed by atoms with Gasteiger partial charge >= 0.3 is 6.18 Å². The third-order valence-corrected chi connectivity index (χ3v) is 1.79. The molecule has 1 unspecified atom stereocenters. The Morgan fingerprint density at radius 2 is 2.19 bits per heavy atom. The van der Waals surface area contributed by atoms with Gasteiger partial charge in [0.1, 0.15) is 11.6 Å².